The van der Waals surface area contributed by atoms with Gasteiger partial charge in [0.15, 0.2) is 0 Å². The molecule has 5 N–H and O–H groups in total. The first-order chi connectivity index (χ1) is 20.3. The number of carbonyl (C=O) groups is 2. The zero-order chi connectivity index (χ0) is 29.6. The third-order valence-electron chi connectivity index (χ3n) is 7.88. The number of halogens is 1. The summed E-state index contributed by atoms with van der Waals surface area (Å²) in [5.41, 5.74) is 15.9. The van der Waals surface area contributed by atoms with Gasteiger partial charge in [-0.15, -0.1) is 22.6 Å². The third kappa shape index (κ3) is 7.33. The summed E-state index contributed by atoms with van der Waals surface area (Å²) in [6.07, 6.45) is 7.00. The number of nitrogens with one attached hydrogen (secondary N) is 1. The van der Waals surface area contributed by atoms with Crippen molar-refractivity contribution in [2.75, 3.05) is 30.4 Å². The summed E-state index contributed by atoms with van der Waals surface area (Å²) in [4.78, 5) is 39.5. The lowest BCUT2D eigenvalue weighted by Crippen LogP contribution is -2.52. The van der Waals surface area contributed by atoms with Gasteiger partial charge in [-0.1, -0.05) is 24.3 Å². The summed E-state index contributed by atoms with van der Waals surface area (Å²) in [5, 5.41) is 14.1. The van der Waals surface area contributed by atoms with E-state index in [1.807, 2.05) is 55.4 Å². The highest BCUT2D eigenvalue weighted by Crippen LogP contribution is 2.33. The van der Waals surface area contributed by atoms with Crippen molar-refractivity contribution in [2.24, 2.45) is 23.3 Å². The van der Waals surface area contributed by atoms with E-state index in [-0.39, 0.29) is 30.7 Å². The van der Waals surface area contributed by atoms with E-state index in [1.54, 1.807) is 29.4 Å². The number of nitrogens with zero attached hydrogens (tertiary/aromatic N) is 7. The predicted octanol–water partition coefficient (Wildman–Crippen LogP) is 3.01. The minimum Gasteiger partial charge on any atom is -0.368 e. The number of amides is 2. The molecule has 0 saturated heterocycles. The predicted molar refractivity (Wildman–Crippen MR) is 167 cm³/mol. The second kappa shape index (κ2) is 14.2. The fourth-order valence-electron chi connectivity index (χ4n) is 5.48. The molecule has 0 radical (unpaired) electrons. The van der Waals surface area contributed by atoms with E-state index in [0.29, 0.717) is 29.9 Å². The molecule has 0 aliphatic heterocycles. The number of anilines is 2. The van der Waals surface area contributed by atoms with Gasteiger partial charge in [0.2, 0.25) is 23.6 Å². The first-order valence-electron chi connectivity index (χ1n) is 14.1. The molecular formula is C30H37ClN10O2. The Bertz CT molecular complexity index is 1490. The number of carbonyl (C=O) groups excluding carboxylic acids is 2. The van der Waals surface area contributed by atoms with Crippen LogP contribution in [-0.2, 0) is 16.0 Å². The highest BCUT2D eigenvalue weighted by molar-refractivity contribution is 6.01. The Balaban J connectivity index is 0.00000423. The maximum absolute atomic E-state index is 14.1. The Labute approximate surface area is 256 Å². The maximum Gasteiger partial charge on any atom is 0.240 e. The van der Waals surface area contributed by atoms with Gasteiger partial charge in [-0.3, -0.25) is 14.5 Å². The molecule has 1 fully saturated rings. The Hall–Kier alpha value is -4.42. The van der Waals surface area contributed by atoms with E-state index in [2.05, 4.69) is 30.6 Å². The lowest BCUT2D eigenvalue weighted by molar-refractivity contribution is -0.127. The van der Waals surface area contributed by atoms with Gasteiger partial charge in [-0.25, -0.2) is 9.97 Å². The van der Waals surface area contributed by atoms with Crippen molar-refractivity contribution in [3.63, 3.8) is 0 Å². The van der Waals surface area contributed by atoms with Crippen LogP contribution in [0.2, 0.25) is 0 Å². The zero-order valence-electron chi connectivity index (χ0n) is 24.3. The number of nitrogens with two attached hydrogens (primary N) is 2. The van der Waals surface area contributed by atoms with E-state index in [9.17, 15) is 9.59 Å². The van der Waals surface area contributed by atoms with Gasteiger partial charge in [0.1, 0.15) is 6.04 Å². The molecular weight excluding hydrogens is 568 g/mol. The van der Waals surface area contributed by atoms with Gasteiger partial charge in [-0.05, 0) is 78.8 Å². The number of H-pyrrole nitrogens is 1. The second-order valence-corrected chi connectivity index (χ2v) is 10.9. The molecule has 2 heterocycles. The number of aromatic nitrogens is 6. The normalized spacial score (nSPS) is 17.0. The largest absolute Gasteiger partial charge is 0.368 e. The standard InChI is InChI=1S/C30H36N10O2.ClH/c1-39(2)30-33-17-24(18-34-30)23-5-3-4-20(14-23)15-26(27(32)41)40(29(42)22-8-6-19(16-31)7-9-22)25-12-10-21(11-13-25)28-35-37-38-36-28;/h3-5,10-14,17-19,22,26H,6-9,15-16,31H2,1-2H3,(H2,32,41)(H,35,36,37,38);1H/t19?,22?,26-;/m0./s1. The van der Waals surface area contributed by atoms with Crippen molar-refractivity contribution in [1.29, 1.82) is 0 Å². The summed E-state index contributed by atoms with van der Waals surface area (Å²) in [7, 11) is 3.77. The van der Waals surface area contributed by atoms with Gasteiger partial charge in [0, 0.05) is 55.6 Å². The molecule has 2 aromatic carbocycles. The number of hydrogen-bond donors (Lipinski definition) is 3. The van der Waals surface area contributed by atoms with E-state index in [4.69, 9.17) is 11.5 Å². The molecule has 1 atom stereocenters. The molecule has 4 aromatic rings. The van der Waals surface area contributed by atoms with E-state index < -0.39 is 11.9 Å². The van der Waals surface area contributed by atoms with Crippen molar-refractivity contribution in [2.45, 2.75) is 38.1 Å². The van der Waals surface area contributed by atoms with Crippen LogP contribution in [0.5, 0.6) is 0 Å². The summed E-state index contributed by atoms with van der Waals surface area (Å²) < 4.78 is 0. The van der Waals surface area contributed by atoms with Gasteiger partial charge in [0.05, 0.1) is 0 Å². The van der Waals surface area contributed by atoms with Crippen LogP contribution in [0.1, 0.15) is 31.2 Å². The van der Waals surface area contributed by atoms with Crippen molar-refractivity contribution in [3.05, 3.63) is 66.5 Å². The number of hydrogen-bond acceptors (Lipinski definition) is 9. The lowest BCUT2D eigenvalue weighted by atomic mass is 9.81. The van der Waals surface area contributed by atoms with Gasteiger partial charge in [0.25, 0.3) is 0 Å². The molecule has 1 aliphatic carbocycles. The molecule has 226 valence electrons. The van der Waals surface area contributed by atoms with Crippen LogP contribution in [0.4, 0.5) is 11.6 Å². The maximum atomic E-state index is 14.1. The van der Waals surface area contributed by atoms with Crippen LogP contribution in [0.3, 0.4) is 0 Å². The van der Waals surface area contributed by atoms with Gasteiger partial charge >= 0.3 is 0 Å². The molecule has 0 bridgehead atoms. The van der Waals surface area contributed by atoms with Crippen LogP contribution in [-0.4, -0.2) is 69.1 Å². The van der Waals surface area contributed by atoms with Crippen molar-refractivity contribution >= 4 is 35.9 Å². The number of benzene rings is 2. The molecule has 1 saturated carbocycles. The fourth-order valence-corrected chi connectivity index (χ4v) is 5.48. The van der Waals surface area contributed by atoms with Gasteiger partial charge < -0.3 is 16.4 Å². The molecule has 5 rings (SSSR count). The summed E-state index contributed by atoms with van der Waals surface area (Å²) in [5.74, 6) is 0.567. The fraction of sp³-hybridized carbons (Fsp3) is 0.367. The van der Waals surface area contributed by atoms with Crippen molar-refractivity contribution in [1.82, 2.24) is 30.6 Å². The Kier molecular flexibility index (Phi) is 10.4. The Morgan fingerprint density at radius 2 is 1.67 bits per heavy atom. The van der Waals surface area contributed by atoms with Crippen LogP contribution in [0.15, 0.2) is 60.9 Å². The SMILES string of the molecule is CN(C)c1ncc(-c2cccc(C[C@@H](C(N)=O)N(C(=O)C3CCC(CN)CC3)c3ccc(-c4nn[nH]n4)cc3)c2)cn1.Cl. The zero-order valence-corrected chi connectivity index (χ0v) is 25.1. The van der Waals surface area contributed by atoms with E-state index in [0.717, 1.165) is 47.9 Å². The molecule has 0 spiro atoms. The summed E-state index contributed by atoms with van der Waals surface area (Å²) in [6.45, 7) is 0.616. The second-order valence-electron chi connectivity index (χ2n) is 10.9. The quantitative estimate of drug-likeness (QED) is 0.246. The topological polar surface area (TPSA) is 173 Å². The first-order valence-corrected chi connectivity index (χ1v) is 14.1. The molecule has 12 nitrogen and oxygen atoms in total. The number of tetrazole rings is 1. The van der Waals surface area contributed by atoms with Crippen LogP contribution in [0.25, 0.3) is 22.5 Å². The van der Waals surface area contributed by atoms with Crippen LogP contribution < -0.4 is 21.3 Å². The summed E-state index contributed by atoms with van der Waals surface area (Å²) in [6, 6.07) is 14.1. The van der Waals surface area contributed by atoms with Crippen LogP contribution >= 0.6 is 12.4 Å². The number of primary amides is 1. The molecule has 0 unspecified atom stereocenters. The molecule has 2 amide bonds. The highest BCUT2D eigenvalue weighted by atomic mass is 35.5. The Morgan fingerprint density at radius 1 is 0.977 bits per heavy atom. The van der Waals surface area contributed by atoms with Crippen molar-refractivity contribution < 1.29 is 9.59 Å². The molecule has 2 aromatic heterocycles. The number of aromatic amines is 1. The third-order valence-corrected chi connectivity index (χ3v) is 7.88. The average molecular weight is 605 g/mol. The van der Waals surface area contributed by atoms with E-state index in [1.165, 1.54) is 0 Å². The minimum absolute atomic E-state index is 0. The monoisotopic (exact) mass is 604 g/mol. The highest BCUT2D eigenvalue weighted by Gasteiger charge is 2.36. The first kappa shape index (κ1) is 31.5. The van der Waals surface area contributed by atoms with Crippen LogP contribution in [0, 0.1) is 11.8 Å². The molecule has 43 heavy (non-hydrogen) atoms. The minimum atomic E-state index is -0.900. The van der Waals surface area contributed by atoms with Crippen molar-refractivity contribution in [3.8, 4) is 22.5 Å². The molecule has 1 aliphatic rings. The van der Waals surface area contributed by atoms with E-state index >= 15 is 0 Å². The smallest absolute Gasteiger partial charge is 0.240 e. The Morgan fingerprint density at radius 3 is 2.26 bits per heavy atom. The van der Waals surface area contributed by atoms with Gasteiger partial charge in [-0.2, -0.15) is 5.21 Å². The average Bonchev–Trinajstić information content (AvgIpc) is 3.56. The molecule has 13 heteroatoms. The summed E-state index contributed by atoms with van der Waals surface area (Å²) >= 11 is 0. The lowest BCUT2D eigenvalue weighted by Gasteiger charge is -2.35. The number of rotatable bonds is 10.